The highest BCUT2D eigenvalue weighted by Crippen LogP contribution is 2.14. The largest absolute Gasteiger partial charge is 0.383 e. The Morgan fingerprint density at radius 3 is 2.94 bits per heavy atom. The van der Waals surface area contributed by atoms with Gasteiger partial charge in [0.05, 0.1) is 13.2 Å². The van der Waals surface area contributed by atoms with Crippen molar-refractivity contribution in [3.8, 4) is 0 Å². The summed E-state index contributed by atoms with van der Waals surface area (Å²) in [5.41, 5.74) is 5.72. The normalized spacial score (nSPS) is 16.7. The average Bonchev–Trinajstić information content (AvgIpc) is 2.39. The second-order valence-electron chi connectivity index (χ2n) is 4.05. The van der Waals surface area contributed by atoms with E-state index in [2.05, 4.69) is 20.2 Å². The number of anilines is 2. The third kappa shape index (κ3) is 4.01. The van der Waals surface area contributed by atoms with Gasteiger partial charge in [0.2, 0.25) is 0 Å². The fourth-order valence-corrected chi connectivity index (χ4v) is 2.18. The van der Waals surface area contributed by atoms with Crippen LogP contribution in [0.1, 0.15) is 0 Å². The lowest BCUT2D eigenvalue weighted by molar-refractivity contribution is 0.0398. The third-order valence-corrected chi connectivity index (χ3v) is 3.29. The molecule has 1 aromatic heterocycles. The van der Waals surface area contributed by atoms with Crippen LogP contribution in [-0.2, 0) is 4.74 Å². The van der Waals surface area contributed by atoms with E-state index in [9.17, 15) is 0 Å². The number of ether oxygens (including phenoxy) is 1. The summed E-state index contributed by atoms with van der Waals surface area (Å²) in [5, 5.41) is 3.98. The first-order chi connectivity index (χ1) is 8.78. The van der Waals surface area contributed by atoms with Gasteiger partial charge in [0.15, 0.2) is 5.16 Å². The number of aromatic nitrogens is 2. The fraction of sp³-hybridized carbons (Fsp3) is 0.636. The topological polar surface area (TPSA) is 76.3 Å². The summed E-state index contributed by atoms with van der Waals surface area (Å²) in [5.74, 6) is 1.29. The predicted octanol–water partition coefficient (Wildman–Crippen LogP) is 0.525. The summed E-state index contributed by atoms with van der Waals surface area (Å²) in [6.45, 7) is 5.51. The van der Waals surface area contributed by atoms with Gasteiger partial charge in [0, 0.05) is 32.2 Å². The quantitative estimate of drug-likeness (QED) is 0.596. The van der Waals surface area contributed by atoms with Crippen molar-refractivity contribution in [3.63, 3.8) is 0 Å². The van der Waals surface area contributed by atoms with E-state index >= 15 is 0 Å². The maximum absolute atomic E-state index is 5.72. The molecule has 0 spiro atoms. The third-order valence-electron chi connectivity index (χ3n) is 2.75. The SMILES string of the molecule is CSc1nc(N)cc(NCCN2CCOCC2)n1. The van der Waals surface area contributed by atoms with Crippen molar-refractivity contribution < 1.29 is 4.74 Å². The minimum Gasteiger partial charge on any atom is -0.383 e. The second kappa shape index (κ2) is 6.77. The van der Waals surface area contributed by atoms with Gasteiger partial charge in [-0.1, -0.05) is 11.8 Å². The number of nitrogens with two attached hydrogens (primary N) is 1. The van der Waals surface area contributed by atoms with E-state index in [0.29, 0.717) is 11.0 Å². The van der Waals surface area contributed by atoms with Crippen molar-refractivity contribution in [2.24, 2.45) is 0 Å². The molecule has 2 heterocycles. The Kier molecular flexibility index (Phi) is 5.03. The number of hydrogen-bond donors (Lipinski definition) is 2. The van der Waals surface area contributed by atoms with Crippen molar-refractivity contribution >= 4 is 23.4 Å². The van der Waals surface area contributed by atoms with E-state index in [1.54, 1.807) is 6.07 Å². The number of morpholine rings is 1. The fourth-order valence-electron chi connectivity index (χ4n) is 1.79. The first kappa shape index (κ1) is 13.4. The van der Waals surface area contributed by atoms with E-state index < -0.39 is 0 Å². The maximum Gasteiger partial charge on any atom is 0.191 e. The van der Waals surface area contributed by atoms with E-state index in [-0.39, 0.29) is 0 Å². The van der Waals surface area contributed by atoms with Crippen LogP contribution in [0.15, 0.2) is 11.2 Å². The Morgan fingerprint density at radius 1 is 1.44 bits per heavy atom. The first-order valence-electron chi connectivity index (χ1n) is 6.00. The summed E-state index contributed by atoms with van der Waals surface area (Å²) >= 11 is 1.49. The summed E-state index contributed by atoms with van der Waals surface area (Å²) in [7, 11) is 0. The van der Waals surface area contributed by atoms with E-state index in [1.807, 2.05) is 6.26 Å². The molecule has 2 rings (SSSR count). The van der Waals surface area contributed by atoms with Crippen molar-refractivity contribution in [2.75, 3.05) is 56.7 Å². The van der Waals surface area contributed by atoms with Gasteiger partial charge < -0.3 is 15.8 Å². The number of nitrogens with zero attached hydrogens (tertiary/aromatic N) is 3. The molecule has 3 N–H and O–H groups in total. The molecule has 1 saturated heterocycles. The lowest BCUT2D eigenvalue weighted by Gasteiger charge is -2.26. The Labute approximate surface area is 111 Å². The van der Waals surface area contributed by atoms with Gasteiger partial charge in [-0.15, -0.1) is 0 Å². The molecule has 1 aliphatic rings. The number of nitrogen functional groups attached to an aromatic ring is 1. The van der Waals surface area contributed by atoms with Crippen molar-refractivity contribution in [3.05, 3.63) is 6.07 Å². The molecule has 6 nitrogen and oxygen atoms in total. The van der Waals surface area contributed by atoms with Crippen LogP contribution in [0.5, 0.6) is 0 Å². The van der Waals surface area contributed by atoms with Gasteiger partial charge in [0.25, 0.3) is 0 Å². The van der Waals surface area contributed by atoms with Gasteiger partial charge in [-0.25, -0.2) is 9.97 Å². The second-order valence-corrected chi connectivity index (χ2v) is 4.82. The highest BCUT2D eigenvalue weighted by molar-refractivity contribution is 7.98. The summed E-state index contributed by atoms with van der Waals surface area (Å²) in [4.78, 5) is 10.8. The number of thioether (sulfide) groups is 1. The zero-order chi connectivity index (χ0) is 12.8. The van der Waals surface area contributed by atoms with Crippen molar-refractivity contribution in [1.29, 1.82) is 0 Å². The molecule has 1 fully saturated rings. The molecule has 0 saturated carbocycles. The summed E-state index contributed by atoms with van der Waals surface area (Å²) in [6.07, 6.45) is 1.94. The Morgan fingerprint density at radius 2 is 2.22 bits per heavy atom. The monoisotopic (exact) mass is 269 g/mol. The first-order valence-corrected chi connectivity index (χ1v) is 7.23. The minimum absolute atomic E-state index is 0.503. The van der Waals surface area contributed by atoms with Gasteiger partial charge in [-0.2, -0.15) is 0 Å². The van der Waals surface area contributed by atoms with Crippen LogP contribution in [0, 0.1) is 0 Å². The summed E-state index contributed by atoms with van der Waals surface area (Å²) in [6, 6.07) is 1.76. The molecule has 7 heteroatoms. The molecule has 1 aliphatic heterocycles. The number of nitrogens with one attached hydrogen (secondary N) is 1. The number of rotatable bonds is 5. The molecular weight excluding hydrogens is 250 g/mol. The molecule has 0 aromatic carbocycles. The highest BCUT2D eigenvalue weighted by atomic mass is 32.2. The molecular formula is C11H19N5OS. The van der Waals surface area contributed by atoms with E-state index in [0.717, 1.165) is 45.2 Å². The lowest BCUT2D eigenvalue weighted by atomic mass is 10.4. The minimum atomic E-state index is 0.503. The average molecular weight is 269 g/mol. The lowest BCUT2D eigenvalue weighted by Crippen LogP contribution is -2.39. The van der Waals surface area contributed by atoms with Gasteiger partial charge in [-0.05, 0) is 6.26 Å². The molecule has 1 aromatic rings. The zero-order valence-electron chi connectivity index (χ0n) is 10.6. The standard InChI is InChI=1S/C11H19N5OS/c1-18-11-14-9(12)8-10(15-11)13-2-3-16-4-6-17-7-5-16/h8H,2-7H2,1H3,(H3,12,13,14,15). The number of hydrogen-bond acceptors (Lipinski definition) is 7. The van der Waals surface area contributed by atoms with Gasteiger partial charge in [-0.3, -0.25) is 4.90 Å². The van der Waals surface area contributed by atoms with E-state index in [4.69, 9.17) is 10.5 Å². The van der Waals surface area contributed by atoms with Gasteiger partial charge >= 0.3 is 0 Å². The molecule has 100 valence electrons. The Balaban J connectivity index is 1.80. The molecule has 0 aliphatic carbocycles. The molecule has 0 radical (unpaired) electrons. The van der Waals surface area contributed by atoms with Crippen molar-refractivity contribution in [2.45, 2.75) is 5.16 Å². The molecule has 18 heavy (non-hydrogen) atoms. The van der Waals surface area contributed by atoms with Gasteiger partial charge in [0.1, 0.15) is 11.6 Å². The Bertz CT molecular complexity index is 384. The van der Waals surface area contributed by atoms with Crippen LogP contribution in [-0.4, -0.2) is 60.5 Å². The van der Waals surface area contributed by atoms with Crippen LogP contribution in [0.25, 0.3) is 0 Å². The van der Waals surface area contributed by atoms with Crippen LogP contribution >= 0.6 is 11.8 Å². The summed E-state index contributed by atoms with van der Waals surface area (Å²) < 4.78 is 5.31. The Hall–Kier alpha value is -1.05. The molecule has 0 bridgehead atoms. The predicted molar refractivity (Wildman–Crippen MR) is 74.0 cm³/mol. The van der Waals surface area contributed by atoms with Crippen LogP contribution in [0.4, 0.5) is 11.6 Å². The zero-order valence-corrected chi connectivity index (χ0v) is 11.4. The molecule has 0 unspecified atom stereocenters. The van der Waals surface area contributed by atoms with Crippen LogP contribution in [0.3, 0.4) is 0 Å². The smallest absolute Gasteiger partial charge is 0.191 e. The van der Waals surface area contributed by atoms with E-state index in [1.165, 1.54) is 11.8 Å². The maximum atomic E-state index is 5.72. The van der Waals surface area contributed by atoms with Crippen LogP contribution < -0.4 is 11.1 Å². The highest BCUT2D eigenvalue weighted by Gasteiger charge is 2.09. The molecule has 0 amide bonds. The van der Waals surface area contributed by atoms with Crippen LogP contribution in [0.2, 0.25) is 0 Å². The van der Waals surface area contributed by atoms with Crippen molar-refractivity contribution in [1.82, 2.24) is 14.9 Å². The molecule has 0 atom stereocenters.